The van der Waals surface area contributed by atoms with Gasteiger partial charge in [0.25, 0.3) is 0 Å². The zero-order valence-electron chi connectivity index (χ0n) is 9.47. The van der Waals surface area contributed by atoms with Crippen molar-refractivity contribution in [3.63, 3.8) is 0 Å². The minimum absolute atomic E-state index is 0.407. The standard InChI is InChI=1S/C10H16BrN3S/c1-6(5-15-4)12-10-9(11)7(2)13-8(3)14-10/h6H,5H2,1-4H3,(H,12,13,14). The Morgan fingerprint density at radius 3 is 2.67 bits per heavy atom. The lowest BCUT2D eigenvalue weighted by atomic mass is 10.3. The number of hydrogen-bond donors (Lipinski definition) is 1. The molecule has 1 unspecified atom stereocenters. The van der Waals surface area contributed by atoms with Crippen molar-refractivity contribution in [3.05, 3.63) is 16.0 Å². The first-order valence-electron chi connectivity index (χ1n) is 4.80. The normalized spacial score (nSPS) is 12.6. The summed E-state index contributed by atoms with van der Waals surface area (Å²) in [5.41, 5.74) is 0.973. The smallest absolute Gasteiger partial charge is 0.144 e. The van der Waals surface area contributed by atoms with Gasteiger partial charge in [-0.05, 0) is 43.0 Å². The van der Waals surface area contributed by atoms with Crippen LogP contribution >= 0.6 is 27.7 Å². The third-order valence-electron chi connectivity index (χ3n) is 1.93. The van der Waals surface area contributed by atoms with Crippen molar-refractivity contribution >= 4 is 33.5 Å². The zero-order chi connectivity index (χ0) is 11.4. The molecule has 0 aliphatic carbocycles. The number of rotatable bonds is 4. The van der Waals surface area contributed by atoms with Crippen LogP contribution in [0.4, 0.5) is 5.82 Å². The Morgan fingerprint density at radius 1 is 1.40 bits per heavy atom. The second-order valence-corrected chi connectivity index (χ2v) is 5.22. The number of aryl methyl sites for hydroxylation is 2. The molecule has 0 aliphatic rings. The van der Waals surface area contributed by atoms with Crippen LogP contribution in [0, 0.1) is 13.8 Å². The van der Waals surface area contributed by atoms with E-state index in [0.29, 0.717) is 6.04 Å². The first kappa shape index (κ1) is 12.8. The van der Waals surface area contributed by atoms with Gasteiger partial charge in [-0.2, -0.15) is 11.8 Å². The van der Waals surface area contributed by atoms with Crippen LogP contribution in [0.15, 0.2) is 4.47 Å². The molecule has 0 aromatic carbocycles. The van der Waals surface area contributed by atoms with E-state index in [0.717, 1.165) is 27.6 Å². The van der Waals surface area contributed by atoms with E-state index in [-0.39, 0.29) is 0 Å². The Balaban J connectivity index is 2.84. The second kappa shape index (κ2) is 5.70. The first-order valence-corrected chi connectivity index (χ1v) is 6.99. The summed E-state index contributed by atoms with van der Waals surface area (Å²) >= 11 is 5.32. The number of halogens is 1. The summed E-state index contributed by atoms with van der Waals surface area (Å²) in [5.74, 6) is 2.75. The number of anilines is 1. The maximum absolute atomic E-state index is 4.38. The van der Waals surface area contributed by atoms with Gasteiger partial charge in [0.2, 0.25) is 0 Å². The van der Waals surface area contributed by atoms with Crippen LogP contribution in [-0.2, 0) is 0 Å². The van der Waals surface area contributed by atoms with Crippen molar-refractivity contribution < 1.29 is 0 Å². The molecule has 1 aromatic rings. The fraction of sp³-hybridized carbons (Fsp3) is 0.600. The Kier molecular flexibility index (Phi) is 4.86. The third kappa shape index (κ3) is 3.65. The molecule has 0 spiro atoms. The molecule has 5 heteroatoms. The molecule has 0 aliphatic heterocycles. The highest BCUT2D eigenvalue weighted by Gasteiger charge is 2.09. The monoisotopic (exact) mass is 289 g/mol. The van der Waals surface area contributed by atoms with Crippen LogP contribution in [0.1, 0.15) is 18.4 Å². The van der Waals surface area contributed by atoms with E-state index < -0.39 is 0 Å². The first-order chi connectivity index (χ1) is 7.04. The Labute approximate surface area is 104 Å². The van der Waals surface area contributed by atoms with Gasteiger partial charge >= 0.3 is 0 Å². The lowest BCUT2D eigenvalue weighted by Gasteiger charge is -2.15. The van der Waals surface area contributed by atoms with Crippen LogP contribution in [0.5, 0.6) is 0 Å². The van der Waals surface area contributed by atoms with Gasteiger partial charge in [-0.3, -0.25) is 0 Å². The molecule has 0 bridgehead atoms. The molecule has 0 fully saturated rings. The Hall–Kier alpha value is -0.290. The van der Waals surface area contributed by atoms with E-state index in [1.165, 1.54) is 0 Å². The van der Waals surface area contributed by atoms with Crippen molar-refractivity contribution in [1.29, 1.82) is 0 Å². The SMILES string of the molecule is CSCC(C)Nc1nc(C)nc(C)c1Br. The van der Waals surface area contributed by atoms with E-state index in [9.17, 15) is 0 Å². The largest absolute Gasteiger partial charge is 0.366 e. The van der Waals surface area contributed by atoms with Gasteiger partial charge in [-0.1, -0.05) is 0 Å². The van der Waals surface area contributed by atoms with E-state index >= 15 is 0 Å². The van der Waals surface area contributed by atoms with Crippen molar-refractivity contribution in [3.8, 4) is 0 Å². The number of nitrogens with zero attached hydrogens (tertiary/aromatic N) is 2. The summed E-state index contributed by atoms with van der Waals surface area (Å²) in [7, 11) is 0. The number of aromatic nitrogens is 2. The molecule has 1 heterocycles. The highest BCUT2D eigenvalue weighted by molar-refractivity contribution is 9.10. The molecule has 1 aromatic heterocycles. The molecule has 1 rings (SSSR count). The molecule has 15 heavy (non-hydrogen) atoms. The van der Waals surface area contributed by atoms with Crippen LogP contribution in [0.3, 0.4) is 0 Å². The van der Waals surface area contributed by atoms with Gasteiger partial charge in [-0.15, -0.1) is 0 Å². The topological polar surface area (TPSA) is 37.8 Å². The van der Waals surface area contributed by atoms with E-state index in [1.807, 2.05) is 25.6 Å². The van der Waals surface area contributed by atoms with E-state index in [4.69, 9.17) is 0 Å². The van der Waals surface area contributed by atoms with E-state index in [2.05, 4.69) is 44.4 Å². The third-order valence-corrected chi connectivity index (χ3v) is 3.71. The summed E-state index contributed by atoms with van der Waals surface area (Å²) in [5, 5.41) is 3.37. The summed E-state index contributed by atoms with van der Waals surface area (Å²) in [6.07, 6.45) is 2.10. The number of hydrogen-bond acceptors (Lipinski definition) is 4. The van der Waals surface area contributed by atoms with Gasteiger partial charge in [0.05, 0.1) is 10.2 Å². The quantitative estimate of drug-likeness (QED) is 0.925. The van der Waals surface area contributed by atoms with E-state index in [1.54, 1.807) is 0 Å². The molecule has 0 amide bonds. The number of thioether (sulfide) groups is 1. The van der Waals surface area contributed by atoms with Gasteiger partial charge in [0, 0.05) is 11.8 Å². The molecule has 1 N–H and O–H groups in total. The van der Waals surface area contributed by atoms with Crippen molar-refractivity contribution in [2.75, 3.05) is 17.3 Å². The van der Waals surface area contributed by atoms with Crippen LogP contribution in [-0.4, -0.2) is 28.0 Å². The molecule has 0 saturated carbocycles. The maximum atomic E-state index is 4.38. The van der Waals surface area contributed by atoms with Gasteiger partial charge in [0.1, 0.15) is 11.6 Å². The van der Waals surface area contributed by atoms with Crippen molar-refractivity contribution in [1.82, 2.24) is 9.97 Å². The summed E-state index contributed by atoms with van der Waals surface area (Å²) in [6.45, 7) is 6.03. The second-order valence-electron chi connectivity index (χ2n) is 3.52. The molecular formula is C10H16BrN3S. The minimum atomic E-state index is 0.407. The van der Waals surface area contributed by atoms with Gasteiger partial charge < -0.3 is 5.32 Å². The summed E-state index contributed by atoms with van der Waals surface area (Å²) in [4.78, 5) is 8.66. The zero-order valence-corrected chi connectivity index (χ0v) is 11.9. The molecule has 1 atom stereocenters. The lowest BCUT2D eigenvalue weighted by Crippen LogP contribution is -2.19. The molecule has 84 valence electrons. The highest BCUT2D eigenvalue weighted by Crippen LogP contribution is 2.23. The van der Waals surface area contributed by atoms with Crippen LogP contribution in [0.25, 0.3) is 0 Å². The average Bonchev–Trinajstić information content (AvgIpc) is 2.13. The van der Waals surface area contributed by atoms with Gasteiger partial charge in [-0.25, -0.2) is 9.97 Å². The van der Waals surface area contributed by atoms with Crippen molar-refractivity contribution in [2.24, 2.45) is 0 Å². The Morgan fingerprint density at radius 2 is 2.07 bits per heavy atom. The minimum Gasteiger partial charge on any atom is -0.366 e. The highest BCUT2D eigenvalue weighted by atomic mass is 79.9. The van der Waals surface area contributed by atoms with Crippen LogP contribution < -0.4 is 5.32 Å². The average molecular weight is 290 g/mol. The predicted octanol–water partition coefficient (Wildman–Crippen LogP) is 3.02. The predicted molar refractivity (Wildman–Crippen MR) is 70.7 cm³/mol. The molecule has 0 radical (unpaired) electrons. The van der Waals surface area contributed by atoms with Crippen LogP contribution in [0.2, 0.25) is 0 Å². The van der Waals surface area contributed by atoms with Crippen molar-refractivity contribution in [2.45, 2.75) is 26.8 Å². The molecular weight excluding hydrogens is 274 g/mol. The lowest BCUT2D eigenvalue weighted by molar-refractivity contribution is 0.884. The fourth-order valence-corrected chi connectivity index (χ4v) is 2.19. The summed E-state index contributed by atoms with van der Waals surface area (Å²) in [6, 6.07) is 0.407. The number of nitrogens with one attached hydrogen (secondary N) is 1. The Bertz CT molecular complexity index is 344. The van der Waals surface area contributed by atoms with Gasteiger partial charge in [0.15, 0.2) is 0 Å². The summed E-state index contributed by atoms with van der Waals surface area (Å²) < 4.78 is 0.959. The molecule has 3 nitrogen and oxygen atoms in total. The fourth-order valence-electron chi connectivity index (χ4n) is 1.32. The molecule has 0 saturated heterocycles. The maximum Gasteiger partial charge on any atom is 0.144 e.